The Morgan fingerprint density at radius 1 is 1.33 bits per heavy atom. The monoisotopic (exact) mass is 292 g/mol. The minimum atomic E-state index is -0.411. The highest BCUT2D eigenvalue weighted by atomic mass is 16.7. The van der Waals surface area contributed by atoms with Crippen molar-refractivity contribution < 1.29 is 14.8 Å². The number of anilines is 2. The molecule has 0 atom stereocenters. The third-order valence-electron chi connectivity index (χ3n) is 3.45. The number of fused-ring (bicyclic) bond motifs is 1. The van der Waals surface area contributed by atoms with E-state index in [1.165, 1.54) is 10.1 Å². The zero-order valence-electron chi connectivity index (χ0n) is 13.2. The maximum Gasteiger partial charge on any atom is 0.251 e. The van der Waals surface area contributed by atoms with Crippen molar-refractivity contribution in [3.8, 4) is 0 Å². The van der Waals surface area contributed by atoms with E-state index in [0.717, 1.165) is 23.4 Å². The van der Waals surface area contributed by atoms with Crippen LogP contribution in [-0.4, -0.2) is 23.3 Å². The second kappa shape index (κ2) is 6.03. The molecule has 0 radical (unpaired) electrons. The van der Waals surface area contributed by atoms with Gasteiger partial charge in [-0.1, -0.05) is 13.0 Å². The van der Waals surface area contributed by atoms with Crippen LogP contribution in [0.4, 0.5) is 11.4 Å². The first-order valence-corrected chi connectivity index (χ1v) is 7.43. The van der Waals surface area contributed by atoms with Crippen molar-refractivity contribution in [2.45, 2.75) is 52.5 Å². The van der Waals surface area contributed by atoms with Gasteiger partial charge < -0.3 is 0 Å². The highest BCUT2D eigenvalue weighted by Crippen LogP contribution is 2.37. The van der Waals surface area contributed by atoms with E-state index in [1.807, 2.05) is 45.9 Å². The minimum Gasteiger partial charge on any atom is -0.288 e. The van der Waals surface area contributed by atoms with E-state index < -0.39 is 5.54 Å². The Morgan fingerprint density at radius 2 is 2.05 bits per heavy atom. The standard InChI is InChI=1S/C16H24N2O3/c1-5-11-21-17-13-7-6-8-14(18(20)16(2,3)4)12(13)9-10-15(17)19/h6-8,20H,5,9-11H2,1-4H3. The van der Waals surface area contributed by atoms with Crippen molar-refractivity contribution in [2.75, 3.05) is 16.7 Å². The lowest BCUT2D eigenvalue weighted by Crippen LogP contribution is -2.41. The third kappa shape index (κ3) is 3.19. The molecule has 0 saturated heterocycles. The first-order chi connectivity index (χ1) is 9.86. The topological polar surface area (TPSA) is 53.0 Å². The van der Waals surface area contributed by atoms with Crippen molar-refractivity contribution in [3.63, 3.8) is 0 Å². The minimum absolute atomic E-state index is 0.0339. The second-order valence-electron chi connectivity index (χ2n) is 6.28. The molecule has 0 aliphatic carbocycles. The third-order valence-corrected chi connectivity index (χ3v) is 3.45. The number of hydroxylamine groups is 2. The Hall–Kier alpha value is -1.59. The van der Waals surface area contributed by atoms with Crippen molar-refractivity contribution in [2.24, 2.45) is 0 Å². The van der Waals surface area contributed by atoms with Crippen LogP contribution >= 0.6 is 0 Å². The predicted octanol–water partition coefficient (Wildman–Crippen LogP) is 3.30. The lowest BCUT2D eigenvalue weighted by atomic mass is 9.98. The molecule has 0 fully saturated rings. The number of hydrogen-bond donors (Lipinski definition) is 1. The van der Waals surface area contributed by atoms with Gasteiger partial charge in [-0.3, -0.25) is 19.9 Å². The summed E-state index contributed by atoms with van der Waals surface area (Å²) in [4.78, 5) is 17.6. The Bertz CT molecular complexity index is 523. The molecule has 1 amide bonds. The molecule has 5 heteroatoms. The Labute approximate surface area is 126 Å². The Balaban J connectivity index is 2.41. The highest BCUT2D eigenvalue weighted by Gasteiger charge is 2.30. The fourth-order valence-electron chi connectivity index (χ4n) is 2.36. The van der Waals surface area contributed by atoms with Gasteiger partial charge in [-0.2, -0.15) is 5.06 Å². The number of carbonyl (C=O) groups is 1. The molecule has 116 valence electrons. The highest BCUT2D eigenvalue weighted by molar-refractivity contribution is 5.95. The summed E-state index contributed by atoms with van der Waals surface area (Å²) in [6, 6.07) is 5.57. The van der Waals surface area contributed by atoms with Crippen LogP contribution in [0.3, 0.4) is 0 Å². The lowest BCUT2D eigenvalue weighted by Gasteiger charge is -2.36. The normalized spacial score (nSPS) is 15.1. The predicted molar refractivity (Wildman–Crippen MR) is 82.5 cm³/mol. The molecule has 5 nitrogen and oxygen atoms in total. The van der Waals surface area contributed by atoms with Gasteiger partial charge in [0.1, 0.15) is 0 Å². The summed E-state index contributed by atoms with van der Waals surface area (Å²) in [6.07, 6.45) is 1.85. The largest absolute Gasteiger partial charge is 0.288 e. The SMILES string of the molecule is CCCON1C(=O)CCc2c1cccc2N(O)C(C)(C)C. The molecule has 0 saturated carbocycles. The first-order valence-electron chi connectivity index (χ1n) is 7.43. The van der Waals surface area contributed by atoms with Gasteiger partial charge in [0.15, 0.2) is 0 Å². The van der Waals surface area contributed by atoms with Crippen molar-refractivity contribution in [1.29, 1.82) is 0 Å². The molecule has 1 aliphatic rings. The van der Waals surface area contributed by atoms with Gasteiger partial charge in [0.05, 0.1) is 23.5 Å². The van der Waals surface area contributed by atoms with Crippen molar-refractivity contribution >= 4 is 17.3 Å². The zero-order valence-corrected chi connectivity index (χ0v) is 13.2. The van der Waals surface area contributed by atoms with Gasteiger partial charge in [-0.05, 0) is 45.7 Å². The van der Waals surface area contributed by atoms with Gasteiger partial charge >= 0.3 is 0 Å². The molecule has 1 heterocycles. The summed E-state index contributed by atoms with van der Waals surface area (Å²) in [5, 5.41) is 13.1. The van der Waals surface area contributed by atoms with Crippen LogP contribution in [0.15, 0.2) is 18.2 Å². The maximum atomic E-state index is 12.1. The van der Waals surface area contributed by atoms with Crippen LogP contribution in [0.1, 0.15) is 46.1 Å². The van der Waals surface area contributed by atoms with E-state index in [0.29, 0.717) is 19.4 Å². The first kappa shape index (κ1) is 15.8. The number of hydrogen-bond acceptors (Lipinski definition) is 4. The van der Waals surface area contributed by atoms with Gasteiger partial charge in [-0.15, -0.1) is 0 Å². The maximum absolute atomic E-state index is 12.1. The summed E-state index contributed by atoms with van der Waals surface area (Å²) in [5.74, 6) is -0.0339. The summed E-state index contributed by atoms with van der Waals surface area (Å²) in [5.41, 5.74) is 2.01. The summed E-state index contributed by atoms with van der Waals surface area (Å²) >= 11 is 0. The molecule has 1 aromatic rings. The zero-order chi connectivity index (χ0) is 15.6. The molecule has 1 N–H and O–H groups in total. The molecule has 0 aromatic heterocycles. The van der Waals surface area contributed by atoms with E-state index in [1.54, 1.807) is 0 Å². The number of rotatable bonds is 4. The molecular formula is C16H24N2O3. The van der Waals surface area contributed by atoms with Crippen LogP contribution in [-0.2, 0) is 16.1 Å². The van der Waals surface area contributed by atoms with E-state index in [-0.39, 0.29) is 5.91 Å². The van der Waals surface area contributed by atoms with E-state index in [9.17, 15) is 10.0 Å². The van der Waals surface area contributed by atoms with Gasteiger partial charge in [0.2, 0.25) is 0 Å². The quantitative estimate of drug-likeness (QED) is 0.865. The van der Waals surface area contributed by atoms with Crippen LogP contribution in [0, 0.1) is 0 Å². The fourth-order valence-corrected chi connectivity index (χ4v) is 2.36. The average molecular weight is 292 g/mol. The van der Waals surface area contributed by atoms with Gasteiger partial charge in [-0.25, -0.2) is 0 Å². The number of amides is 1. The van der Waals surface area contributed by atoms with E-state index in [2.05, 4.69) is 0 Å². The molecule has 2 rings (SSSR count). The molecule has 0 spiro atoms. The van der Waals surface area contributed by atoms with Gasteiger partial charge in [0, 0.05) is 12.0 Å². The Kier molecular flexibility index (Phi) is 4.54. The van der Waals surface area contributed by atoms with E-state index in [4.69, 9.17) is 4.84 Å². The summed E-state index contributed by atoms with van der Waals surface area (Å²) in [6.45, 7) is 8.31. The van der Waals surface area contributed by atoms with Gasteiger partial charge in [0.25, 0.3) is 5.91 Å². The number of carbonyl (C=O) groups excluding carboxylic acids is 1. The van der Waals surface area contributed by atoms with E-state index >= 15 is 0 Å². The van der Waals surface area contributed by atoms with Crippen LogP contribution in [0.25, 0.3) is 0 Å². The number of nitrogens with zero attached hydrogens (tertiary/aromatic N) is 2. The number of benzene rings is 1. The van der Waals surface area contributed by atoms with Crippen molar-refractivity contribution in [3.05, 3.63) is 23.8 Å². The molecule has 0 bridgehead atoms. The average Bonchev–Trinajstić information content (AvgIpc) is 2.43. The van der Waals surface area contributed by atoms with Crippen LogP contribution < -0.4 is 10.1 Å². The fraction of sp³-hybridized carbons (Fsp3) is 0.562. The molecule has 0 unspecified atom stereocenters. The molecule has 21 heavy (non-hydrogen) atoms. The van der Waals surface area contributed by atoms with Crippen LogP contribution in [0.5, 0.6) is 0 Å². The molecule has 1 aromatic carbocycles. The summed E-state index contributed by atoms with van der Waals surface area (Å²) < 4.78 is 0. The molecular weight excluding hydrogens is 268 g/mol. The summed E-state index contributed by atoms with van der Waals surface area (Å²) in [7, 11) is 0. The van der Waals surface area contributed by atoms with Crippen LogP contribution in [0.2, 0.25) is 0 Å². The molecule has 1 aliphatic heterocycles. The smallest absolute Gasteiger partial charge is 0.251 e. The Morgan fingerprint density at radius 3 is 2.67 bits per heavy atom. The second-order valence-corrected chi connectivity index (χ2v) is 6.28. The van der Waals surface area contributed by atoms with Crippen molar-refractivity contribution in [1.82, 2.24) is 0 Å². The lowest BCUT2D eigenvalue weighted by molar-refractivity contribution is -0.126.